The maximum Gasteiger partial charge on any atom is -0.109 e. The third kappa shape index (κ3) is 7.35. The van der Waals surface area contributed by atoms with Crippen LogP contribution >= 0.6 is 0 Å². The van der Waals surface area contributed by atoms with Gasteiger partial charge in [-0.2, -0.15) is 18.2 Å². The van der Waals surface area contributed by atoms with Crippen LogP contribution < -0.4 is 29.6 Å². The zero-order valence-electron chi connectivity index (χ0n) is 15.3. The second kappa shape index (κ2) is 13.3. The van der Waals surface area contributed by atoms with Gasteiger partial charge in [0.15, 0.2) is 0 Å². The van der Waals surface area contributed by atoms with Crippen molar-refractivity contribution in [3.05, 3.63) is 77.9 Å². The Bertz CT molecular complexity index is 752. The van der Waals surface area contributed by atoms with Crippen molar-refractivity contribution in [1.29, 1.82) is 0 Å². The molecule has 1 nitrogen and oxygen atoms in total. The standard InChI is InChI=1S/C14H11O.C5H5.C3H6.2ClH.Zr/c1-15-14-8-4-7-12-11-6-3-2-5-10(11)9-13(12)14;1-2-4-5-3-1;1-3-2;;;/h2-7H,9H2,1H3;1-3H,4H2;1-2H3;2*1H;/q2*-1;;;;+2/p-2. The normalized spacial score (nSPS) is 11.4. The first-order valence-electron chi connectivity index (χ1n) is 8.02. The minimum atomic E-state index is 0. The van der Waals surface area contributed by atoms with Crippen molar-refractivity contribution in [3.8, 4) is 16.9 Å². The predicted molar refractivity (Wildman–Crippen MR) is 98.0 cm³/mol. The van der Waals surface area contributed by atoms with Crippen LogP contribution in [0.15, 0.2) is 54.6 Å². The van der Waals surface area contributed by atoms with Gasteiger partial charge in [0, 0.05) is 5.75 Å². The average molecular weight is 465 g/mol. The van der Waals surface area contributed by atoms with E-state index in [1.807, 2.05) is 18.2 Å². The topological polar surface area (TPSA) is 9.23 Å². The number of benzene rings is 2. The Kier molecular flexibility index (Phi) is 12.8. The Labute approximate surface area is 184 Å². The Morgan fingerprint density at radius 2 is 1.77 bits per heavy atom. The van der Waals surface area contributed by atoms with Gasteiger partial charge in [-0.3, -0.25) is 6.08 Å². The van der Waals surface area contributed by atoms with E-state index in [2.05, 4.69) is 62.4 Å². The van der Waals surface area contributed by atoms with E-state index in [1.165, 1.54) is 25.5 Å². The number of halogens is 2. The van der Waals surface area contributed by atoms with Gasteiger partial charge in [-0.25, -0.2) is 12.2 Å². The summed E-state index contributed by atoms with van der Waals surface area (Å²) in [5, 5.41) is 0. The number of allylic oxidation sites excluding steroid dienone is 4. The summed E-state index contributed by atoms with van der Waals surface area (Å²) >= 11 is 1.55. The first kappa shape index (κ1) is 25.1. The van der Waals surface area contributed by atoms with Crippen LogP contribution in [0, 0.1) is 12.1 Å². The van der Waals surface area contributed by atoms with Gasteiger partial charge in [-0.15, -0.1) is 23.6 Å². The van der Waals surface area contributed by atoms with Gasteiger partial charge < -0.3 is 29.6 Å². The van der Waals surface area contributed by atoms with Crippen LogP contribution in [0.2, 0.25) is 0 Å². The van der Waals surface area contributed by atoms with Crippen molar-refractivity contribution in [2.45, 2.75) is 26.7 Å². The van der Waals surface area contributed by atoms with E-state index in [-0.39, 0.29) is 24.8 Å². The molecule has 2 aromatic rings. The number of hydrogen-bond acceptors (Lipinski definition) is 1. The minimum Gasteiger partial charge on any atom is -1.00 e. The monoisotopic (exact) mass is 462 g/mol. The van der Waals surface area contributed by atoms with Crippen molar-refractivity contribution in [3.63, 3.8) is 0 Å². The van der Waals surface area contributed by atoms with Crippen molar-refractivity contribution >= 4 is 3.21 Å². The predicted octanol–water partition coefficient (Wildman–Crippen LogP) is -0.874. The Morgan fingerprint density at radius 1 is 1.08 bits per heavy atom. The van der Waals surface area contributed by atoms with Crippen LogP contribution in [0.3, 0.4) is 0 Å². The molecule has 0 bridgehead atoms. The molecular weight excluding hydrogens is 442 g/mol. The summed E-state index contributed by atoms with van der Waals surface area (Å²) in [6, 6.07) is 15.7. The van der Waals surface area contributed by atoms with Crippen molar-refractivity contribution in [2.75, 3.05) is 7.11 Å². The van der Waals surface area contributed by atoms with Gasteiger partial charge in [-0.1, -0.05) is 24.3 Å². The van der Waals surface area contributed by atoms with E-state index < -0.39 is 0 Å². The van der Waals surface area contributed by atoms with E-state index in [0.29, 0.717) is 0 Å². The van der Waals surface area contributed by atoms with E-state index >= 15 is 0 Å². The smallest absolute Gasteiger partial charge is 0.109 e. The van der Waals surface area contributed by atoms with E-state index in [9.17, 15) is 0 Å². The van der Waals surface area contributed by atoms with Crippen LogP contribution in [0.1, 0.15) is 31.4 Å². The summed E-state index contributed by atoms with van der Waals surface area (Å²) < 4.78 is 6.84. The summed E-state index contributed by atoms with van der Waals surface area (Å²) in [7, 11) is 1.70. The largest absolute Gasteiger partial charge is 1.00 e. The summed E-state index contributed by atoms with van der Waals surface area (Å²) in [6.45, 7) is 4.25. The average Bonchev–Trinajstić information content (AvgIpc) is 3.25. The molecule has 2 aliphatic rings. The Balaban J connectivity index is 0.000000480. The molecule has 0 atom stereocenters. The number of methoxy groups -OCH3 is 1. The molecule has 0 aliphatic heterocycles. The molecule has 0 aromatic heterocycles. The van der Waals surface area contributed by atoms with Crippen LogP contribution in [0.4, 0.5) is 0 Å². The third-order valence-electron chi connectivity index (χ3n) is 3.53. The van der Waals surface area contributed by atoms with Crippen LogP contribution in [-0.2, 0) is 30.7 Å². The molecule has 2 aromatic carbocycles. The van der Waals surface area contributed by atoms with Crippen LogP contribution in [-0.4, -0.2) is 10.3 Å². The molecule has 0 spiro atoms. The molecule has 136 valence electrons. The van der Waals surface area contributed by atoms with Gasteiger partial charge in [0.2, 0.25) is 0 Å². The fourth-order valence-electron chi connectivity index (χ4n) is 2.59. The second-order valence-electron chi connectivity index (χ2n) is 5.74. The number of rotatable bonds is 1. The van der Waals surface area contributed by atoms with Gasteiger partial charge >= 0.3 is 41.3 Å². The molecule has 26 heavy (non-hydrogen) atoms. The molecular formula is C22H22Cl2OZr-2. The molecule has 0 saturated carbocycles. The van der Waals surface area contributed by atoms with Gasteiger partial charge in [0.05, 0.1) is 7.11 Å². The zero-order valence-corrected chi connectivity index (χ0v) is 19.2. The molecule has 0 unspecified atom stereocenters. The molecule has 0 amide bonds. The van der Waals surface area contributed by atoms with E-state index in [0.717, 1.165) is 18.6 Å². The second-order valence-corrected chi connectivity index (χ2v) is 8.20. The van der Waals surface area contributed by atoms with Gasteiger partial charge in [0.1, 0.15) is 0 Å². The van der Waals surface area contributed by atoms with Crippen LogP contribution in [0.5, 0.6) is 5.75 Å². The molecule has 0 radical (unpaired) electrons. The number of fused-ring (bicyclic) bond motifs is 3. The van der Waals surface area contributed by atoms with Gasteiger partial charge in [0.25, 0.3) is 0 Å². The summed E-state index contributed by atoms with van der Waals surface area (Å²) in [5.74, 6) is 0.878. The fraction of sp³-hybridized carbons (Fsp3) is 0.227. The summed E-state index contributed by atoms with van der Waals surface area (Å²) in [4.78, 5) is 0. The fourth-order valence-corrected chi connectivity index (χ4v) is 2.59. The maximum absolute atomic E-state index is 5.33. The third-order valence-corrected chi connectivity index (χ3v) is 3.53. The molecule has 0 saturated heterocycles. The molecule has 2 aliphatic carbocycles. The van der Waals surface area contributed by atoms with Crippen molar-refractivity contribution in [1.82, 2.24) is 0 Å². The van der Waals surface area contributed by atoms with Gasteiger partial charge in [-0.05, 0) is 17.5 Å². The summed E-state index contributed by atoms with van der Waals surface area (Å²) in [5.41, 5.74) is 5.27. The van der Waals surface area contributed by atoms with Crippen molar-refractivity contribution in [2.24, 2.45) is 0 Å². The number of hydrogen-bond donors (Lipinski definition) is 0. The van der Waals surface area contributed by atoms with Crippen LogP contribution in [0.25, 0.3) is 11.1 Å². The molecule has 0 fully saturated rings. The molecule has 4 heteroatoms. The Morgan fingerprint density at radius 3 is 2.31 bits per heavy atom. The van der Waals surface area contributed by atoms with E-state index in [1.54, 1.807) is 31.3 Å². The number of ether oxygens (including phenoxy) is 1. The minimum absolute atomic E-state index is 0. The quantitative estimate of drug-likeness (QED) is 0.426. The first-order valence-corrected chi connectivity index (χ1v) is 9.25. The van der Waals surface area contributed by atoms with Crippen molar-refractivity contribution < 1.29 is 53.8 Å². The molecule has 0 heterocycles. The SMILES string of the molecule is COc1[c-]ccc2c1Cc1ccccc1-2.C[C](C)=[Zr+2].[C-]1=CC=CC1.[Cl-].[Cl-]. The molecule has 0 N–H and O–H groups in total. The van der Waals surface area contributed by atoms with E-state index in [4.69, 9.17) is 4.74 Å². The first-order chi connectivity index (χ1) is 11.6. The zero-order chi connectivity index (χ0) is 17.4. The summed E-state index contributed by atoms with van der Waals surface area (Å²) in [6.07, 6.45) is 11.0. The maximum atomic E-state index is 5.33. The Hall–Kier alpha value is -0.947. The molecule has 4 rings (SSSR count).